The van der Waals surface area contributed by atoms with Crippen molar-refractivity contribution in [3.63, 3.8) is 0 Å². The highest BCUT2D eigenvalue weighted by Crippen LogP contribution is 2.24. The lowest BCUT2D eigenvalue weighted by Gasteiger charge is -2.23. The highest BCUT2D eigenvalue weighted by Gasteiger charge is 2.33. The number of hydrogen-bond donors (Lipinski definition) is 0. The summed E-state index contributed by atoms with van der Waals surface area (Å²) in [5, 5.41) is 0. The van der Waals surface area contributed by atoms with Gasteiger partial charge in [-0.15, -0.1) is 11.6 Å². The van der Waals surface area contributed by atoms with Crippen LogP contribution in [0.15, 0.2) is 22.7 Å². The van der Waals surface area contributed by atoms with E-state index in [1.165, 1.54) is 6.07 Å². The van der Waals surface area contributed by atoms with Crippen LogP contribution in [0.4, 0.5) is 13.2 Å². The number of nitrogens with zero attached hydrogens (tertiary/aromatic N) is 1. The summed E-state index contributed by atoms with van der Waals surface area (Å²) in [7, 11) is 0. The molecule has 0 heterocycles. The SMILES string of the molecule is Cc1cccc(C(=O)N(CCCl)CC(F)(F)F)c1Br. The van der Waals surface area contributed by atoms with Crippen molar-refractivity contribution >= 4 is 33.4 Å². The Morgan fingerprint density at radius 2 is 2.05 bits per heavy atom. The molecule has 0 aliphatic carbocycles. The Hall–Kier alpha value is -0.750. The number of rotatable bonds is 4. The predicted molar refractivity (Wildman–Crippen MR) is 71.6 cm³/mol. The zero-order valence-corrected chi connectivity index (χ0v) is 12.4. The number of aryl methyl sites for hydroxylation is 1. The molecule has 0 aliphatic rings. The monoisotopic (exact) mass is 357 g/mol. The van der Waals surface area contributed by atoms with Crippen LogP contribution in [-0.2, 0) is 0 Å². The van der Waals surface area contributed by atoms with Gasteiger partial charge in [-0.25, -0.2) is 0 Å². The number of carbonyl (C=O) groups is 1. The molecule has 0 N–H and O–H groups in total. The fourth-order valence-electron chi connectivity index (χ4n) is 1.55. The lowest BCUT2D eigenvalue weighted by Crippen LogP contribution is -2.40. The average molecular weight is 359 g/mol. The average Bonchev–Trinajstić information content (AvgIpc) is 2.30. The number of alkyl halides is 4. The molecule has 2 nitrogen and oxygen atoms in total. The molecule has 1 rings (SSSR count). The van der Waals surface area contributed by atoms with Gasteiger partial charge in [0.15, 0.2) is 0 Å². The molecule has 1 aromatic carbocycles. The zero-order chi connectivity index (χ0) is 14.6. The molecule has 0 saturated carbocycles. The Balaban J connectivity index is 3.02. The Morgan fingerprint density at radius 3 is 2.58 bits per heavy atom. The summed E-state index contributed by atoms with van der Waals surface area (Å²) >= 11 is 8.67. The van der Waals surface area contributed by atoms with E-state index in [0.717, 1.165) is 5.56 Å². The Morgan fingerprint density at radius 1 is 1.42 bits per heavy atom. The van der Waals surface area contributed by atoms with Gasteiger partial charge >= 0.3 is 6.18 Å². The van der Waals surface area contributed by atoms with E-state index in [1.54, 1.807) is 19.1 Å². The molecule has 0 aromatic heterocycles. The zero-order valence-electron chi connectivity index (χ0n) is 10.1. The molecule has 0 aliphatic heterocycles. The van der Waals surface area contributed by atoms with E-state index in [2.05, 4.69) is 15.9 Å². The highest BCUT2D eigenvalue weighted by molar-refractivity contribution is 9.10. The van der Waals surface area contributed by atoms with Gasteiger partial charge in [0.05, 0.1) is 5.56 Å². The number of benzene rings is 1. The quantitative estimate of drug-likeness (QED) is 0.745. The van der Waals surface area contributed by atoms with Crippen molar-refractivity contribution < 1.29 is 18.0 Å². The fourth-order valence-corrected chi connectivity index (χ4v) is 2.19. The molecule has 7 heteroatoms. The molecule has 0 atom stereocenters. The first kappa shape index (κ1) is 16.3. The second-order valence-corrected chi connectivity index (χ2v) is 5.14. The van der Waals surface area contributed by atoms with Crippen LogP contribution in [0.3, 0.4) is 0 Å². The van der Waals surface area contributed by atoms with E-state index in [4.69, 9.17) is 11.6 Å². The van der Waals surface area contributed by atoms with Crippen molar-refractivity contribution in [1.82, 2.24) is 4.90 Å². The summed E-state index contributed by atoms with van der Waals surface area (Å²) in [6, 6.07) is 4.87. The van der Waals surface area contributed by atoms with E-state index in [-0.39, 0.29) is 18.0 Å². The van der Waals surface area contributed by atoms with Gasteiger partial charge in [0.2, 0.25) is 0 Å². The standard InChI is InChI=1S/C12H12BrClF3NO/c1-8-3-2-4-9(10(8)13)11(19)18(6-5-14)7-12(15,16)17/h2-4H,5-7H2,1H3. The predicted octanol–water partition coefficient (Wildman–Crippen LogP) is 4.00. The van der Waals surface area contributed by atoms with Crippen molar-refractivity contribution in [2.45, 2.75) is 13.1 Å². The third-order valence-electron chi connectivity index (χ3n) is 2.43. The molecular formula is C12H12BrClF3NO. The largest absolute Gasteiger partial charge is 0.406 e. The number of amides is 1. The van der Waals surface area contributed by atoms with E-state index >= 15 is 0 Å². The Kier molecular flexibility index (Phi) is 5.67. The molecule has 0 spiro atoms. The first-order valence-electron chi connectivity index (χ1n) is 5.43. The number of hydrogen-bond acceptors (Lipinski definition) is 1. The van der Waals surface area contributed by atoms with Crippen molar-refractivity contribution in [1.29, 1.82) is 0 Å². The lowest BCUT2D eigenvalue weighted by atomic mass is 10.1. The molecule has 0 fully saturated rings. The molecule has 1 aromatic rings. The number of carbonyl (C=O) groups excluding carboxylic acids is 1. The molecular weight excluding hydrogens is 346 g/mol. The minimum absolute atomic E-state index is 0.0503. The molecule has 0 unspecified atom stereocenters. The van der Waals surface area contributed by atoms with Crippen LogP contribution in [0.2, 0.25) is 0 Å². The summed E-state index contributed by atoms with van der Waals surface area (Å²) in [6.45, 7) is 0.301. The molecule has 106 valence electrons. The summed E-state index contributed by atoms with van der Waals surface area (Å²) in [5.41, 5.74) is 0.984. The Bertz CT molecular complexity index is 465. The number of halogens is 5. The summed E-state index contributed by atoms with van der Waals surface area (Å²) in [4.78, 5) is 12.8. The van der Waals surface area contributed by atoms with Gasteiger partial charge < -0.3 is 4.90 Å². The topological polar surface area (TPSA) is 20.3 Å². The maximum Gasteiger partial charge on any atom is 0.406 e. The second-order valence-electron chi connectivity index (χ2n) is 3.97. The lowest BCUT2D eigenvalue weighted by molar-refractivity contribution is -0.140. The van der Waals surface area contributed by atoms with Crippen LogP contribution in [0.5, 0.6) is 0 Å². The van der Waals surface area contributed by atoms with Gasteiger partial charge in [0.25, 0.3) is 5.91 Å². The maximum absolute atomic E-state index is 12.4. The van der Waals surface area contributed by atoms with Crippen molar-refractivity contribution in [2.24, 2.45) is 0 Å². The van der Waals surface area contributed by atoms with Crippen molar-refractivity contribution in [3.8, 4) is 0 Å². The van der Waals surface area contributed by atoms with Gasteiger partial charge in [-0.1, -0.05) is 12.1 Å². The molecule has 19 heavy (non-hydrogen) atoms. The molecule has 0 bridgehead atoms. The van der Waals surface area contributed by atoms with Gasteiger partial charge in [0, 0.05) is 16.9 Å². The van der Waals surface area contributed by atoms with Crippen LogP contribution < -0.4 is 0 Å². The maximum atomic E-state index is 12.4. The van der Waals surface area contributed by atoms with Crippen LogP contribution in [0.25, 0.3) is 0 Å². The van der Waals surface area contributed by atoms with Crippen molar-refractivity contribution in [3.05, 3.63) is 33.8 Å². The van der Waals surface area contributed by atoms with Crippen LogP contribution in [-0.4, -0.2) is 36.0 Å². The van der Waals surface area contributed by atoms with Crippen LogP contribution in [0, 0.1) is 6.92 Å². The van der Waals surface area contributed by atoms with E-state index in [0.29, 0.717) is 9.37 Å². The smallest absolute Gasteiger partial charge is 0.328 e. The first-order chi connectivity index (χ1) is 8.76. The summed E-state index contributed by atoms with van der Waals surface area (Å²) in [6.07, 6.45) is -4.45. The summed E-state index contributed by atoms with van der Waals surface area (Å²) < 4.78 is 37.8. The van der Waals surface area contributed by atoms with E-state index in [1.807, 2.05) is 0 Å². The second kappa shape index (κ2) is 6.61. The highest BCUT2D eigenvalue weighted by atomic mass is 79.9. The van der Waals surface area contributed by atoms with Crippen LogP contribution >= 0.6 is 27.5 Å². The van der Waals surface area contributed by atoms with Crippen LogP contribution in [0.1, 0.15) is 15.9 Å². The van der Waals surface area contributed by atoms with Gasteiger partial charge in [-0.2, -0.15) is 13.2 Å². The molecule has 0 saturated heterocycles. The van der Waals surface area contributed by atoms with Gasteiger partial charge in [-0.05, 0) is 34.5 Å². The Labute approximate surface area is 122 Å². The molecule has 0 radical (unpaired) electrons. The first-order valence-corrected chi connectivity index (χ1v) is 6.76. The fraction of sp³-hybridized carbons (Fsp3) is 0.417. The third kappa shape index (κ3) is 4.69. The van der Waals surface area contributed by atoms with Gasteiger partial charge in [0.1, 0.15) is 6.54 Å². The molecule has 1 amide bonds. The minimum Gasteiger partial charge on any atom is -0.328 e. The van der Waals surface area contributed by atoms with Gasteiger partial charge in [-0.3, -0.25) is 4.79 Å². The third-order valence-corrected chi connectivity index (χ3v) is 3.66. The minimum atomic E-state index is -4.45. The summed E-state index contributed by atoms with van der Waals surface area (Å²) in [5.74, 6) is -0.737. The van der Waals surface area contributed by atoms with Crippen molar-refractivity contribution in [2.75, 3.05) is 19.0 Å². The normalized spacial score (nSPS) is 11.5. The van der Waals surface area contributed by atoms with E-state index < -0.39 is 18.6 Å². The van der Waals surface area contributed by atoms with E-state index in [9.17, 15) is 18.0 Å².